The molecule has 1 spiro atoms. The number of hydrogen-bond donors (Lipinski definition) is 3. The van der Waals surface area contributed by atoms with Crippen LogP contribution in [-0.4, -0.2) is 97.8 Å². The van der Waals surface area contributed by atoms with E-state index >= 15 is 4.79 Å². The molecule has 4 heterocycles. The number of nitrogens with one attached hydrogen (secondary N) is 1. The van der Waals surface area contributed by atoms with Crippen LogP contribution < -0.4 is 29.8 Å². The SMILES string of the molecule is CCOc1ccc2c(c1)CC(NCCCCO)C(=O)N2c1ccc2c(c1)[C@]1(O[C@@H](CCn3cc(C(CO)c4ccccc4)nn3)[C@H]([Si](C)(C)c3ccc(OC)cc3)[C@H]1C)C(=O)N2C. The molecule has 0 saturated carbocycles. The third kappa shape index (κ3) is 8.08. The molecule has 3 aliphatic rings. The van der Waals surface area contributed by atoms with E-state index in [0.29, 0.717) is 50.3 Å². The molecular formula is C49H60N6O7Si. The van der Waals surface area contributed by atoms with Crippen molar-refractivity contribution >= 4 is 42.1 Å². The third-order valence-corrected chi connectivity index (χ3v) is 18.0. The van der Waals surface area contributed by atoms with E-state index in [4.69, 9.17) is 14.2 Å². The lowest BCUT2D eigenvalue weighted by Crippen LogP contribution is -2.51. The molecule has 1 saturated heterocycles. The van der Waals surface area contributed by atoms with Crippen molar-refractivity contribution in [3.63, 3.8) is 0 Å². The van der Waals surface area contributed by atoms with Gasteiger partial charge in [0.05, 0.1) is 63.5 Å². The van der Waals surface area contributed by atoms with E-state index in [1.54, 1.807) is 16.9 Å². The van der Waals surface area contributed by atoms with Crippen molar-refractivity contribution in [2.75, 3.05) is 50.3 Å². The number of benzene rings is 4. The number of unbranched alkanes of at least 4 members (excludes halogenated alkanes) is 1. The van der Waals surface area contributed by atoms with Gasteiger partial charge in [-0.1, -0.05) is 72.9 Å². The van der Waals surface area contributed by atoms with Crippen LogP contribution in [-0.2, 0) is 32.9 Å². The maximum atomic E-state index is 15.1. The topological polar surface area (TPSA) is 152 Å². The summed E-state index contributed by atoms with van der Waals surface area (Å²) >= 11 is 0. The van der Waals surface area contributed by atoms with E-state index in [-0.39, 0.29) is 48.5 Å². The molecule has 0 radical (unpaired) electrons. The Hall–Kier alpha value is -5.38. The maximum absolute atomic E-state index is 15.1. The predicted octanol–water partition coefficient (Wildman–Crippen LogP) is 6.04. The highest BCUT2D eigenvalue weighted by atomic mass is 28.3. The number of aliphatic hydroxyl groups is 2. The average Bonchev–Trinajstić information content (AvgIpc) is 3.95. The van der Waals surface area contributed by atoms with Gasteiger partial charge in [-0.2, -0.15) is 0 Å². The van der Waals surface area contributed by atoms with Gasteiger partial charge >= 0.3 is 0 Å². The van der Waals surface area contributed by atoms with E-state index < -0.39 is 19.7 Å². The summed E-state index contributed by atoms with van der Waals surface area (Å²) < 4.78 is 20.7. The first kappa shape index (κ1) is 44.2. The summed E-state index contributed by atoms with van der Waals surface area (Å²) in [5.41, 5.74) is 4.23. The van der Waals surface area contributed by atoms with Crippen LogP contribution >= 0.6 is 0 Å². The second-order valence-electron chi connectivity index (χ2n) is 17.6. The molecule has 0 aliphatic carbocycles. The van der Waals surface area contributed by atoms with Crippen molar-refractivity contribution in [3.8, 4) is 11.5 Å². The number of anilines is 3. The molecule has 3 aliphatic heterocycles. The van der Waals surface area contributed by atoms with Gasteiger partial charge in [0.1, 0.15) is 11.5 Å². The third-order valence-electron chi connectivity index (χ3n) is 13.7. The summed E-state index contributed by atoms with van der Waals surface area (Å²) in [6.45, 7) is 10.4. The number of aromatic nitrogens is 3. The van der Waals surface area contributed by atoms with Crippen molar-refractivity contribution in [1.82, 2.24) is 20.3 Å². The Morgan fingerprint density at radius 2 is 1.71 bits per heavy atom. The Morgan fingerprint density at radius 1 is 0.968 bits per heavy atom. The Balaban J connectivity index is 1.18. The Labute approximate surface area is 371 Å². The molecule has 63 heavy (non-hydrogen) atoms. The minimum absolute atomic E-state index is 0.0165. The summed E-state index contributed by atoms with van der Waals surface area (Å²) in [6, 6.07) is 29.4. The van der Waals surface area contributed by atoms with E-state index in [9.17, 15) is 15.0 Å². The fourth-order valence-electron chi connectivity index (χ4n) is 10.4. The van der Waals surface area contributed by atoms with Gasteiger partial charge in [0.25, 0.3) is 5.91 Å². The summed E-state index contributed by atoms with van der Waals surface area (Å²) in [5, 5.41) is 33.5. The molecule has 2 unspecified atom stereocenters. The number of likely N-dealkylation sites (N-methyl/N-ethyl adjacent to an activating group) is 1. The minimum Gasteiger partial charge on any atom is -0.497 e. The Bertz CT molecular complexity index is 2410. The molecule has 0 bridgehead atoms. The summed E-state index contributed by atoms with van der Waals surface area (Å²) in [7, 11) is 1.03. The van der Waals surface area contributed by atoms with Crippen LogP contribution in [0.2, 0.25) is 18.6 Å². The Morgan fingerprint density at radius 3 is 2.43 bits per heavy atom. The average molecular weight is 873 g/mol. The summed E-state index contributed by atoms with van der Waals surface area (Å²) in [6.07, 6.45) is 4.01. The lowest BCUT2D eigenvalue weighted by Gasteiger charge is -2.37. The first-order valence-electron chi connectivity index (χ1n) is 22.2. The van der Waals surface area contributed by atoms with Gasteiger partial charge in [-0.25, -0.2) is 0 Å². The van der Waals surface area contributed by atoms with Crippen molar-refractivity contribution < 1.29 is 34.0 Å². The molecule has 6 atom stereocenters. The van der Waals surface area contributed by atoms with Crippen LogP contribution in [0.1, 0.15) is 61.4 Å². The number of fused-ring (bicyclic) bond motifs is 3. The number of aliphatic hydroxyl groups excluding tert-OH is 2. The van der Waals surface area contributed by atoms with Gasteiger partial charge in [0.2, 0.25) is 5.91 Å². The number of amides is 2. The highest BCUT2D eigenvalue weighted by Gasteiger charge is 2.66. The molecule has 2 amide bonds. The monoisotopic (exact) mass is 872 g/mol. The molecule has 1 fully saturated rings. The first-order chi connectivity index (χ1) is 30.5. The van der Waals surface area contributed by atoms with Crippen LogP contribution in [0.15, 0.2) is 97.2 Å². The number of rotatable bonds is 17. The van der Waals surface area contributed by atoms with E-state index in [1.165, 1.54) is 5.19 Å². The molecule has 13 nitrogen and oxygen atoms in total. The fraction of sp³-hybridized carbons (Fsp3) is 0.429. The van der Waals surface area contributed by atoms with Crippen molar-refractivity contribution in [2.24, 2.45) is 5.92 Å². The second kappa shape index (κ2) is 18.4. The van der Waals surface area contributed by atoms with E-state index in [2.05, 4.69) is 47.8 Å². The fourth-order valence-corrected chi connectivity index (χ4v) is 14.5. The van der Waals surface area contributed by atoms with Crippen LogP contribution in [0.25, 0.3) is 0 Å². The number of nitrogens with zero attached hydrogens (tertiary/aromatic N) is 5. The van der Waals surface area contributed by atoms with Crippen molar-refractivity contribution in [2.45, 2.75) is 88.4 Å². The highest BCUT2D eigenvalue weighted by molar-refractivity contribution is 6.91. The molecule has 332 valence electrons. The maximum Gasteiger partial charge on any atom is 0.264 e. The molecule has 4 aromatic carbocycles. The normalized spacial score (nSPS) is 22.4. The highest BCUT2D eigenvalue weighted by Crippen LogP contribution is 2.60. The molecule has 1 aromatic heterocycles. The zero-order chi connectivity index (χ0) is 44.5. The number of aryl methyl sites for hydroxylation is 1. The minimum atomic E-state index is -2.45. The smallest absolute Gasteiger partial charge is 0.264 e. The molecule has 3 N–H and O–H groups in total. The lowest BCUT2D eigenvalue weighted by atomic mass is 9.82. The molecule has 14 heteroatoms. The standard InChI is InChI=1S/C49H60N6O7Si/c1-7-61-37-18-22-43-34(27-37)28-41(50-24-11-12-26-56)47(58)55(43)35-15-21-44-40(29-35)49(48(59)53(44)3)32(2)46(63(5,6)38-19-16-36(60-4)17-20-38)45(62-49)23-25-54-30-42(51-52-54)39(31-57)33-13-9-8-10-14-33/h8-10,13-22,27,29-30,32,39,41,45-46,50,56-57H,7,11-12,23-26,28,31H2,1-6H3/t32-,39?,41?,45+,46-,49+/m1/s1. The van der Waals surface area contributed by atoms with Gasteiger partial charge in [-0.05, 0) is 104 Å². The number of carbonyl (C=O) groups excluding carboxylic acids is 2. The molecular weight excluding hydrogens is 813 g/mol. The van der Waals surface area contributed by atoms with Gasteiger partial charge in [-0.3, -0.25) is 19.2 Å². The predicted molar refractivity (Wildman–Crippen MR) is 246 cm³/mol. The first-order valence-corrected chi connectivity index (χ1v) is 25.3. The number of ether oxygens (including phenoxy) is 3. The lowest BCUT2D eigenvalue weighted by molar-refractivity contribution is -0.145. The number of hydrogen-bond acceptors (Lipinski definition) is 10. The Kier molecular flexibility index (Phi) is 12.9. The van der Waals surface area contributed by atoms with E-state index in [1.807, 2.05) is 104 Å². The zero-order valence-electron chi connectivity index (χ0n) is 37.2. The van der Waals surface area contributed by atoms with Crippen molar-refractivity contribution in [1.29, 1.82) is 0 Å². The van der Waals surface area contributed by atoms with Gasteiger partial charge < -0.3 is 34.6 Å². The molecule has 8 rings (SSSR count). The van der Waals surface area contributed by atoms with Crippen LogP contribution in [0.3, 0.4) is 0 Å². The van der Waals surface area contributed by atoms with Gasteiger partial charge in [0, 0.05) is 43.6 Å². The number of methoxy groups -OCH3 is 1. The number of carbonyl (C=O) groups is 2. The van der Waals surface area contributed by atoms with Crippen molar-refractivity contribution in [3.05, 3.63) is 120 Å². The summed E-state index contributed by atoms with van der Waals surface area (Å²) in [5.74, 6) is 0.756. The summed E-state index contributed by atoms with van der Waals surface area (Å²) in [4.78, 5) is 33.2. The van der Waals surface area contributed by atoms with Gasteiger partial charge in [0.15, 0.2) is 5.60 Å². The van der Waals surface area contributed by atoms with Crippen LogP contribution in [0.5, 0.6) is 11.5 Å². The zero-order valence-corrected chi connectivity index (χ0v) is 38.2. The van der Waals surface area contributed by atoms with Gasteiger partial charge in [-0.15, -0.1) is 5.10 Å². The van der Waals surface area contributed by atoms with Crippen LogP contribution in [0, 0.1) is 5.92 Å². The molecule has 5 aromatic rings. The van der Waals surface area contributed by atoms with E-state index in [0.717, 1.165) is 46.0 Å². The largest absolute Gasteiger partial charge is 0.497 e. The quantitative estimate of drug-likeness (QED) is 0.0745. The second-order valence-corrected chi connectivity index (χ2v) is 22.3. The van der Waals surface area contributed by atoms with Crippen LogP contribution in [0.4, 0.5) is 17.1 Å².